The Labute approximate surface area is 200 Å². The number of carbonyl (C=O) groups excluding carboxylic acids is 2. The van der Waals surface area contributed by atoms with Gasteiger partial charge in [-0.05, 0) is 18.6 Å². The van der Waals surface area contributed by atoms with Gasteiger partial charge in [0.25, 0.3) is 5.92 Å². The van der Waals surface area contributed by atoms with Crippen molar-refractivity contribution in [2.45, 2.75) is 37.5 Å². The van der Waals surface area contributed by atoms with Crippen molar-refractivity contribution in [2.75, 3.05) is 38.2 Å². The van der Waals surface area contributed by atoms with Gasteiger partial charge < -0.3 is 30.5 Å². The summed E-state index contributed by atoms with van der Waals surface area (Å²) in [6, 6.07) is 1.48. The van der Waals surface area contributed by atoms with Gasteiger partial charge >= 0.3 is 6.03 Å². The van der Waals surface area contributed by atoms with E-state index in [2.05, 4.69) is 25.8 Å². The molecule has 3 amide bonds. The summed E-state index contributed by atoms with van der Waals surface area (Å²) in [5, 5.41) is 26.3. The Kier molecular flexibility index (Phi) is 7.08. The van der Waals surface area contributed by atoms with Crippen LogP contribution in [0.3, 0.4) is 0 Å². The third-order valence-corrected chi connectivity index (χ3v) is 5.79. The molecule has 0 radical (unpaired) electrons. The Morgan fingerprint density at radius 1 is 1.43 bits per heavy atom. The summed E-state index contributed by atoms with van der Waals surface area (Å²) >= 11 is 0. The van der Waals surface area contributed by atoms with Crippen LogP contribution in [0.2, 0.25) is 0 Å². The van der Waals surface area contributed by atoms with E-state index in [0.29, 0.717) is 24.5 Å². The molecule has 5 N–H and O–H groups in total. The van der Waals surface area contributed by atoms with E-state index in [-0.39, 0.29) is 18.5 Å². The minimum Gasteiger partial charge on any atom is -0.491 e. The quantitative estimate of drug-likeness (QED) is 0.346. The molecule has 3 atom stereocenters. The molecule has 0 spiro atoms. The molecule has 3 aliphatic heterocycles. The zero-order valence-electron chi connectivity index (χ0n) is 19.1. The van der Waals surface area contributed by atoms with Crippen LogP contribution in [0.5, 0.6) is 5.75 Å². The Morgan fingerprint density at radius 2 is 2.23 bits per heavy atom. The summed E-state index contributed by atoms with van der Waals surface area (Å²) in [6.07, 6.45) is 4.41. The van der Waals surface area contributed by atoms with E-state index < -0.39 is 43.2 Å². The molecular weight excluding hydrogens is 466 g/mol. The maximum atomic E-state index is 13.3. The number of nitrogens with zero attached hydrogens (tertiary/aromatic N) is 3. The number of aromatic nitrogens is 1. The lowest BCUT2D eigenvalue weighted by Gasteiger charge is -2.40. The maximum absolute atomic E-state index is 13.3. The number of nitrogens with one attached hydrogen (secondary N) is 3. The highest BCUT2D eigenvalue weighted by Gasteiger charge is 2.42. The van der Waals surface area contributed by atoms with Crippen LogP contribution in [0.15, 0.2) is 42.0 Å². The number of amides is 3. The molecule has 1 aromatic rings. The van der Waals surface area contributed by atoms with Crippen molar-refractivity contribution < 1.29 is 33.3 Å². The molecule has 4 rings (SSSR count). The summed E-state index contributed by atoms with van der Waals surface area (Å²) in [5.41, 5.74) is 0.738. The zero-order valence-corrected chi connectivity index (χ0v) is 19.1. The second kappa shape index (κ2) is 10.0. The van der Waals surface area contributed by atoms with E-state index in [1.165, 1.54) is 17.2 Å². The number of alkyl halides is 2. The van der Waals surface area contributed by atoms with E-state index in [9.17, 15) is 23.5 Å². The number of halogens is 2. The summed E-state index contributed by atoms with van der Waals surface area (Å²) < 4.78 is 31.7. The summed E-state index contributed by atoms with van der Waals surface area (Å²) in [5.74, 6) is -2.70. The van der Waals surface area contributed by atoms with Crippen molar-refractivity contribution >= 4 is 17.8 Å². The molecule has 0 aromatic carbocycles. The Balaban J connectivity index is 1.47. The minimum atomic E-state index is -3.04. The predicted octanol–water partition coefficient (Wildman–Crippen LogP) is 0.204. The van der Waals surface area contributed by atoms with E-state index >= 15 is 0 Å². The van der Waals surface area contributed by atoms with E-state index in [1.54, 1.807) is 18.2 Å². The first-order chi connectivity index (χ1) is 16.6. The number of hydrogen-bond acceptors (Lipinski definition) is 8. The highest BCUT2D eigenvalue weighted by Crippen LogP contribution is 2.33. The van der Waals surface area contributed by atoms with E-state index in [1.807, 2.05) is 0 Å². The minimum absolute atomic E-state index is 0.127. The number of dihydropyridines is 1. The lowest BCUT2D eigenvalue weighted by atomic mass is 10.1. The molecule has 1 saturated heterocycles. The van der Waals surface area contributed by atoms with E-state index in [0.717, 1.165) is 19.2 Å². The van der Waals surface area contributed by atoms with Gasteiger partial charge in [0.1, 0.15) is 36.1 Å². The maximum Gasteiger partial charge on any atom is 0.328 e. The molecule has 0 aliphatic carbocycles. The summed E-state index contributed by atoms with van der Waals surface area (Å²) in [6.45, 7) is 0.708. The lowest BCUT2D eigenvalue weighted by Crippen LogP contribution is -2.56. The number of anilines is 1. The average molecular weight is 494 g/mol. The SMILES string of the molecule is CC(F)(F)CNC(=O)C1C=CC2=C(N1)N(C(=O)Nc1cc(OC[C@H](O)CO)ccn1)C1CCN2C1. The fraction of sp³-hybridized carbons (Fsp3) is 0.500. The van der Waals surface area contributed by atoms with Crippen molar-refractivity contribution in [3.05, 3.63) is 42.0 Å². The molecule has 190 valence electrons. The number of urea groups is 1. The number of aliphatic hydroxyl groups is 2. The number of carbonyl (C=O) groups is 2. The first-order valence-electron chi connectivity index (χ1n) is 11.2. The summed E-state index contributed by atoms with van der Waals surface area (Å²) in [7, 11) is 0. The van der Waals surface area contributed by atoms with Crippen LogP contribution >= 0.6 is 0 Å². The van der Waals surface area contributed by atoms with Crippen molar-refractivity contribution in [2.24, 2.45) is 0 Å². The second-order valence-electron chi connectivity index (χ2n) is 8.72. The third kappa shape index (κ3) is 5.80. The van der Waals surface area contributed by atoms with Gasteiger partial charge in [-0.15, -0.1) is 0 Å². The third-order valence-electron chi connectivity index (χ3n) is 5.79. The number of rotatable bonds is 8. The van der Waals surface area contributed by atoms with Crippen molar-refractivity contribution in [1.82, 2.24) is 25.4 Å². The molecular formula is C22H28F2N6O5. The fourth-order valence-corrected chi connectivity index (χ4v) is 4.09. The first kappa shape index (κ1) is 24.7. The molecule has 4 heterocycles. The van der Waals surface area contributed by atoms with Gasteiger partial charge in [-0.25, -0.2) is 18.6 Å². The number of ether oxygens (including phenoxy) is 1. The smallest absolute Gasteiger partial charge is 0.328 e. The largest absolute Gasteiger partial charge is 0.491 e. The second-order valence-corrected chi connectivity index (χ2v) is 8.72. The zero-order chi connectivity index (χ0) is 25.2. The molecule has 3 aliphatic rings. The average Bonchev–Trinajstić information content (AvgIpc) is 3.24. The van der Waals surface area contributed by atoms with Gasteiger partial charge in [0.2, 0.25) is 5.91 Å². The van der Waals surface area contributed by atoms with Crippen LogP contribution < -0.4 is 20.7 Å². The van der Waals surface area contributed by atoms with Crippen LogP contribution in [0, 0.1) is 0 Å². The van der Waals surface area contributed by atoms with Crippen LogP contribution in [-0.4, -0.2) is 93.9 Å². The Bertz CT molecular complexity index is 1030. The van der Waals surface area contributed by atoms with Crippen LogP contribution in [0.25, 0.3) is 0 Å². The standard InChI is InChI=1S/C22H28F2N6O5/c1-22(23,24)12-26-20(33)16-2-3-17-19(27-16)30(13-5-7-29(17)9-13)21(34)28-18-8-15(4-6-25-18)35-11-14(32)10-31/h2-4,6,8,13-14,16,27,31-32H,5,7,9-12H2,1H3,(H,26,33)(H,25,28,34)/t13?,14-,16?/m1/s1. The monoisotopic (exact) mass is 494 g/mol. The predicted molar refractivity (Wildman–Crippen MR) is 120 cm³/mol. The topological polar surface area (TPSA) is 139 Å². The highest BCUT2D eigenvalue weighted by molar-refractivity contribution is 5.91. The summed E-state index contributed by atoms with van der Waals surface area (Å²) in [4.78, 5) is 33.5. The molecule has 2 unspecified atom stereocenters. The molecule has 0 saturated carbocycles. The van der Waals surface area contributed by atoms with Crippen LogP contribution in [0.4, 0.5) is 19.4 Å². The van der Waals surface area contributed by atoms with Gasteiger partial charge in [0.05, 0.1) is 24.9 Å². The van der Waals surface area contributed by atoms with Gasteiger partial charge in [-0.2, -0.15) is 0 Å². The fourth-order valence-electron chi connectivity index (χ4n) is 4.09. The highest BCUT2D eigenvalue weighted by atomic mass is 19.3. The molecule has 2 bridgehead atoms. The normalized spacial score (nSPS) is 21.9. The number of fused-ring (bicyclic) bond motifs is 3. The van der Waals surface area contributed by atoms with Crippen LogP contribution in [-0.2, 0) is 4.79 Å². The van der Waals surface area contributed by atoms with Gasteiger partial charge in [-0.3, -0.25) is 15.0 Å². The van der Waals surface area contributed by atoms with Crippen molar-refractivity contribution in [3.63, 3.8) is 0 Å². The molecule has 13 heteroatoms. The number of allylic oxidation sites excluding steroid dienone is 1. The van der Waals surface area contributed by atoms with Gasteiger partial charge in [0, 0.05) is 32.3 Å². The van der Waals surface area contributed by atoms with E-state index in [4.69, 9.17) is 9.84 Å². The molecule has 1 aromatic heterocycles. The Morgan fingerprint density at radius 3 is 2.97 bits per heavy atom. The molecule has 1 fully saturated rings. The Hall–Kier alpha value is -3.45. The number of hydrogen-bond donors (Lipinski definition) is 5. The van der Waals surface area contributed by atoms with Gasteiger partial charge in [0.15, 0.2) is 0 Å². The molecule has 35 heavy (non-hydrogen) atoms. The van der Waals surface area contributed by atoms with Crippen molar-refractivity contribution in [3.8, 4) is 5.75 Å². The van der Waals surface area contributed by atoms with Crippen molar-refractivity contribution in [1.29, 1.82) is 0 Å². The first-order valence-corrected chi connectivity index (χ1v) is 11.2. The lowest BCUT2D eigenvalue weighted by molar-refractivity contribution is -0.123. The number of pyridine rings is 1. The molecule has 11 nitrogen and oxygen atoms in total. The van der Waals surface area contributed by atoms with Crippen LogP contribution in [0.1, 0.15) is 13.3 Å². The van der Waals surface area contributed by atoms with Gasteiger partial charge in [-0.1, -0.05) is 6.08 Å². The number of aliphatic hydroxyl groups excluding tert-OH is 2.